The molecule has 3 aromatic rings. The number of nitrogen functional groups attached to an aromatic ring is 1. The molecule has 0 fully saturated rings. The first-order valence-electron chi connectivity index (χ1n) is 6.93. The molecule has 0 atom stereocenters. The van der Waals surface area contributed by atoms with Crippen molar-refractivity contribution in [2.75, 3.05) is 5.73 Å². The van der Waals surface area contributed by atoms with Crippen LogP contribution < -0.4 is 5.73 Å². The number of carboxylic acids is 1. The van der Waals surface area contributed by atoms with Crippen molar-refractivity contribution in [3.63, 3.8) is 0 Å². The molecule has 3 N–H and O–H groups in total. The molecule has 0 saturated heterocycles. The normalized spacial score (nSPS) is 11.0. The number of carbonyl (C=O) groups is 1. The summed E-state index contributed by atoms with van der Waals surface area (Å²) in [7, 11) is 0. The molecule has 0 amide bonds. The van der Waals surface area contributed by atoms with Gasteiger partial charge in [-0.25, -0.2) is 4.98 Å². The average Bonchev–Trinajstić information content (AvgIpc) is 2.80. The molecule has 1 aromatic carbocycles. The lowest BCUT2D eigenvalue weighted by atomic mass is 9.94. The summed E-state index contributed by atoms with van der Waals surface area (Å²) in [5, 5.41) is 10.2. The molecule has 5 heteroatoms. The lowest BCUT2D eigenvalue weighted by Gasteiger charge is -2.13. The fraction of sp³-hybridized carbons (Fsp3) is 0.176. The molecule has 0 radical (unpaired) electrons. The fourth-order valence-electron chi connectivity index (χ4n) is 2.67. The third kappa shape index (κ3) is 2.55. The summed E-state index contributed by atoms with van der Waals surface area (Å²) in [6.07, 6.45) is -0.0383. The zero-order chi connectivity index (χ0) is 15.9. The molecule has 0 unspecified atom stereocenters. The molecule has 3 rings (SSSR count). The molecular weight excluding hydrogens is 296 g/mol. The van der Waals surface area contributed by atoms with Crippen molar-refractivity contribution in [1.29, 1.82) is 0 Å². The standard InChI is InChI=1S/C17H16N2O2S/c1-9-7-14-16(11-3-5-12(18)6-4-11)13(8-15(20)21)10(2)19-17(14)22-9/h3-7H,8,18H2,1-2H3,(H,20,21). The van der Waals surface area contributed by atoms with Gasteiger partial charge in [0.1, 0.15) is 4.83 Å². The highest BCUT2D eigenvalue weighted by Gasteiger charge is 2.18. The summed E-state index contributed by atoms with van der Waals surface area (Å²) in [5.74, 6) is -0.854. The molecule has 0 aliphatic rings. The molecule has 4 nitrogen and oxygen atoms in total. The van der Waals surface area contributed by atoms with E-state index in [1.165, 1.54) is 0 Å². The van der Waals surface area contributed by atoms with Crippen LogP contribution in [0.4, 0.5) is 5.69 Å². The predicted molar refractivity (Wildman–Crippen MR) is 90.3 cm³/mol. The molecule has 0 bridgehead atoms. The van der Waals surface area contributed by atoms with Crippen LogP contribution in [0.15, 0.2) is 30.3 Å². The van der Waals surface area contributed by atoms with E-state index in [-0.39, 0.29) is 6.42 Å². The molecular formula is C17H16N2O2S. The van der Waals surface area contributed by atoms with Crippen molar-refractivity contribution >= 4 is 33.2 Å². The van der Waals surface area contributed by atoms with Crippen LogP contribution in [0.25, 0.3) is 21.3 Å². The van der Waals surface area contributed by atoms with E-state index < -0.39 is 5.97 Å². The highest BCUT2D eigenvalue weighted by atomic mass is 32.1. The number of nitrogens with zero attached hydrogens (tertiary/aromatic N) is 1. The Hall–Kier alpha value is -2.40. The molecule has 2 heterocycles. The lowest BCUT2D eigenvalue weighted by molar-refractivity contribution is -0.136. The Balaban J connectivity index is 2.36. The van der Waals surface area contributed by atoms with E-state index in [0.717, 1.165) is 37.5 Å². The Morgan fingerprint density at radius 2 is 1.95 bits per heavy atom. The third-order valence-electron chi connectivity index (χ3n) is 3.64. The Labute approximate surface area is 132 Å². The van der Waals surface area contributed by atoms with Crippen LogP contribution in [0.1, 0.15) is 16.1 Å². The Kier molecular flexibility index (Phi) is 3.58. The molecule has 0 aliphatic heterocycles. The van der Waals surface area contributed by atoms with Gasteiger partial charge in [-0.3, -0.25) is 4.79 Å². The Morgan fingerprint density at radius 3 is 2.59 bits per heavy atom. The minimum Gasteiger partial charge on any atom is -0.481 e. The van der Waals surface area contributed by atoms with Gasteiger partial charge in [0, 0.05) is 21.6 Å². The van der Waals surface area contributed by atoms with Gasteiger partial charge in [-0.1, -0.05) is 12.1 Å². The SMILES string of the molecule is Cc1cc2c(-c3ccc(N)cc3)c(CC(=O)O)c(C)nc2s1. The Bertz CT molecular complexity index is 866. The first kappa shape index (κ1) is 14.5. The number of carboxylic acid groups (broad SMARTS) is 1. The van der Waals surface area contributed by atoms with Crippen LogP contribution in [0.3, 0.4) is 0 Å². The molecule has 0 aliphatic carbocycles. The second-order valence-electron chi connectivity index (χ2n) is 5.32. The minimum absolute atomic E-state index is 0.0383. The molecule has 0 saturated carbocycles. The summed E-state index contributed by atoms with van der Waals surface area (Å²) in [5.41, 5.74) is 9.91. The number of rotatable bonds is 3. The highest BCUT2D eigenvalue weighted by Crippen LogP contribution is 2.37. The van der Waals surface area contributed by atoms with Crippen molar-refractivity contribution < 1.29 is 9.90 Å². The van der Waals surface area contributed by atoms with E-state index in [1.54, 1.807) is 11.3 Å². The molecule has 2 aromatic heterocycles. The van der Waals surface area contributed by atoms with Gasteiger partial charge in [-0.15, -0.1) is 11.3 Å². The summed E-state index contributed by atoms with van der Waals surface area (Å²) in [6, 6.07) is 9.61. The van der Waals surface area contributed by atoms with E-state index >= 15 is 0 Å². The number of aryl methyl sites for hydroxylation is 2. The van der Waals surface area contributed by atoms with Crippen molar-refractivity contribution in [3.05, 3.63) is 46.5 Å². The van der Waals surface area contributed by atoms with Crippen LogP contribution in [0, 0.1) is 13.8 Å². The maximum Gasteiger partial charge on any atom is 0.307 e. The smallest absolute Gasteiger partial charge is 0.307 e. The van der Waals surface area contributed by atoms with E-state index in [9.17, 15) is 9.90 Å². The van der Waals surface area contributed by atoms with Gasteiger partial charge in [0.2, 0.25) is 0 Å². The third-order valence-corrected chi connectivity index (χ3v) is 4.58. The van der Waals surface area contributed by atoms with Crippen LogP contribution >= 0.6 is 11.3 Å². The first-order valence-corrected chi connectivity index (χ1v) is 7.74. The summed E-state index contributed by atoms with van der Waals surface area (Å²) in [6.45, 7) is 3.90. The second kappa shape index (κ2) is 5.42. The average molecular weight is 312 g/mol. The quantitative estimate of drug-likeness (QED) is 0.721. The van der Waals surface area contributed by atoms with Gasteiger partial charge in [-0.05, 0) is 48.7 Å². The Morgan fingerprint density at radius 1 is 1.27 bits per heavy atom. The number of fused-ring (bicyclic) bond motifs is 1. The van der Waals surface area contributed by atoms with Crippen molar-refractivity contribution in [2.45, 2.75) is 20.3 Å². The topological polar surface area (TPSA) is 76.2 Å². The van der Waals surface area contributed by atoms with Crippen LogP contribution in [0.2, 0.25) is 0 Å². The van der Waals surface area contributed by atoms with Crippen molar-refractivity contribution in [3.8, 4) is 11.1 Å². The van der Waals surface area contributed by atoms with Gasteiger partial charge in [-0.2, -0.15) is 0 Å². The van der Waals surface area contributed by atoms with E-state index in [1.807, 2.05) is 38.1 Å². The summed E-state index contributed by atoms with van der Waals surface area (Å²) < 4.78 is 0. The van der Waals surface area contributed by atoms with E-state index in [2.05, 4.69) is 11.1 Å². The van der Waals surface area contributed by atoms with Gasteiger partial charge in [0.15, 0.2) is 0 Å². The van der Waals surface area contributed by atoms with Crippen LogP contribution in [0.5, 0.6) is 0 Å². The number of hydrogen-bond donors (Lipinski definition) is 2. The number of aliphatic carboxylic acids is 1. The number of hydrogen-bond acceptors (Lipinski definition) is 4. The lowest BCUT2D eigenvalue weighted by Crippen LogP contribution is -2.06. The fourth-order valence-corrected chi connectivity index (χ4v) is 3.61. The summed E-state index contributed by atoms with van der Waals surface area (Å²) in [4.78, 5) is 17.9. The maximum absolute atomic E-state index is 11.3. The maximum atomic E-state index is 11.3. The molecule has 22 heavy (non-hydrogen) atoms. The minimum atomic E-state index is -0.854. The molecule has 0 spiro atoms. The van der Waals surface area contributed by atoms with Gasteiger partial charge in [0.25, 0.3) is 0 Å². The molecule has 112 valence electrons. The largest absolute Gasteiger partial charge is 0.481 e. The number of nitrogens with two attached hydrogens (primary N) is 1. The highest BCUT2D eigenvalue weighted by molar-refractivity contribution is 7.18. The number of thiophene rings is 1. The number of pyridine rings is 1. The zero-order valence-corrected chi connectivity index (χ0v) is 13.2. The van der Waals surface area contributed by atoms with E-state index in [4.69, 9.17) is 5.73 Å². The number of aromatic nitrogens is 1. The monoisotopic (exact) mass is 312 g/mol. The van der Waals surface area contributed by atoms with E-state index in [0.29, 0.717) is 5.69 Å². The van der Waals surface area contributed by atoms with Crippen molar-refractivity contribution in [2.24, 2.45) is 0 Å². The van der Waals surface area contributed by atoms with Gasteiger partial charge < -0.3 is 10.8 Å². The summed E-state index contributed by atoms with van der Waals surface area (Å²) >= 11 is 1.62. The number of anilines is 1. The zero-order valence-electron chi connectivity index (χ0n) is 12.4. The first-order chi connectivity index (χ1) is 10.5. The van der Waals surface area contributed by atoms with Crippen LogP contribution in [-0.2, 0) is 11.2 Å². The number of benzene rings is 1. The predicted octanol–water partition coefficient (Wildman–Crippen LogP) is 3.79. The second-order valence-corrected chi connectivity index (χ2v) is 6.55. The van der Waals surface area contributed by atoms with Gasteiger partial charge in [0.05, 0.1) is 6.42 Å². The van der Waals surface area contributed by atoms with Crippen LogP contribution in [-0.4, -0.2) is 16.1 Å². The van der Waals surface area contributed by atoms with Crippen molar-refractivity contribution in [1.82, 2.24) is 4.98 Å². The van der Waals surface area contributed by atoms with Gasteiger partial charge >= 0.3 is 5.97 Å².